The van der Waals surface area contributed by atoms with Gasteiger partial charge in [0.05, 0.1) is 29.5 Å². The predicted molar refractivity (Wildman–Crippen MR) is 156 cm³/mol. The number of anilines is 1. The maximum Gasteiger partial charge on any atom is 0.321 e. The first-order valence-electron chi connectivity index (χ1n) is 15.5. The second-order valence-electron chi connectivity index (χ2n) is 11.5. The van der Waals surface area contributed by atoms with Crippen molar-refractivity contribution in [2.45, 2.75) is 76.9 Å². The van der Waals surface area contributed by atoms with Gasteiger partial charge in [-0.05, 0) is 83.8 Å². The fourth-order valence-corrected chi connectivity index (χ4v) is 6.07. The molecule has 1 unspecified atom stereocenters. The number of nitrogens with one attached hydrogen (secondary N) is 2. The number of carbonyl (C=O) groups is 1. The topological polar surface area (TPSA) is 101 Å². The Hall–Kier alpha value is -3.18. The minimum absolute atomic E-state index is 0.145. The molecule has 1 aromatic carbocycles. The lowest BCUT2D eigenvalue weighted by Crippen LogP contribution is -2.38. The van der Waals surface area contributed by atoms with Gasteiger partial charge in [-0.3, -0.25) is 0 Å². The Labute approximate surface area is 240 Å². The third kappa shape index (κ3) is 6.83. The van der Waals surface area contributed by atoms with Crippen LogP contribution in [-0.4, -0.2) is 81.5 Å². The van der Waals surface area contributed by atoms with Crippen LogP contribution >= 0.6 is 0 Å². The molecule has 11 heteroatoms. The Morgan fingerprint density at radius 1 is 1.05 bits per heavy atom. The highest BCUT2D eigenvalue weighted by atomic mass is 19.1. The van der Waals surface area contributed by atoms with Crippen LogP contribution in [0.4, 0.5) is 14.9 Å². The Morgan fingerprint density at radius 3 is 2.63 bits per heavy atom. The molecule has 3 aromatic rings. The van der Waals surface area contributed by atoms with E-state index in [4.69, 9.17) is 19.6 Å². The molecule has 1 atom stereocenters. The molecule has 41 heavy (non-hydrogen) atoms. The van der Waals surface area contributed by atoms with Crippen LogP contribution in [-0.2, 0) is 4.74 Å². The number of halogens is 1. The SMILES string of the molecule is O=C(Nc1cn(C2CCCCO2)nc1-c1nc2cc(OCCCCN3CCCCC3)c(F)cc2[nH]1)N1CCCCC1. The van der Waals surface area contributed by atoms with Crippen LogP contribution in [0.1, 0.15) is 76.9 Å². The zero-order valence-corrected chi connectivity index (χ0v) is 23.9. The summed E-state index contributed by atoms with van der Waals surface area (Å²) in [6, 6.07) is 2.91. The Bertz CT molecular complexity index is 1310. The molecule has 2 amide bonds. The zero-order chi connectivity index (χ0) is 28.0. The quantitative estimate of drug-likeness (QED) is 0.311. The van der Waals surface area contributed by atoms with Crippen molar-refractivity contribution >= 4 is 22.8 Å². The third-order valence-corrected chi connectivity index (χ3v) is 8.40. The summed E-state index contributed by atoms with van der Waals surface area (Å²) in [5.74, 6) is 0.235. The number of likely N-dealkylation sites (tertiary alicyclic amines) is 2. The largest absolute Gasteiger partial charge is 0.490 e. The van der Waals surface area contributed by atoms with Crippen molar-refractivity contribution in [1.82, 2.24) is 29.5 Å². The number of H-pyrrole nitrogens is 1. The molecule has 6 rings (SSSR count). The highest BCUT2D eigenvalue weighted by Crippen LogP contribution is 2.32. The molecule has 2 aromatic heterocycles. The number of fused-ring (bicyclic) bond motifs is 1. The maximum absolute atomic E-state index is 15.0. The van der Waals surface area contributed by atoms with E-state index in [9.17, 15) is 9.18 Å². The molecule has 3 aliphatic rings. The van der Waals surface area contributed by atoms with Crippen molar-refractivity contribution in [1.29, 1.82) is 0 Å². The van der Waals surface area contributed by atoms with E-state index in [1.54, 1.807) is 10.7 Å². The van der Waals surface area contributed by atoms with Crippen molar-refractivity contribution in [3.63, 3.8) is 0 Å². The third-order valence-electron chi connectivity index (χ3n) is 8.40. The number of urea groups is 1. The van der Waals surface area contributed by atoms with E-state index >= 15 is 0 Å². The minimum atomic E-state index is -0.427. The van der Waals surface area contributed by atoms with Crippen LogP contribution in [0.5, 0.6) is 5.75 Å². The lowest BCUT2D eigenvalue weighted by molar-refractivity contribution is -0.0393. The molecule has 222 valence electrons. The summed E-state index contributed by atoms with van der Waals surface area (Å²) < 4.78 is 28.5. The standard InChI is InChI=1S/C30H42FN7O3/c31-22-19-23-24(20-26(22)40-17-10-8-14-36-12-4-1-5-13-36)33-29(32-23)28-25(34-30(39)37-15-6-2-7-16-37)21-38(35-28)27-11-3-9-18-41-27/h19-21,27H,1-18H2,(H,32,33)(H,34,39). The predicted octanol–water partition coefficient (Wildman–Crippen LogP) is 5.93. The molecule has 10 nitrogen and oxygen atoms in total. The second-order valence-corrected chi connectivity index (χ2v) is 11.5. The monoisotopic (exact) mass is 567 g/mol. The summed E-state index contributed by atoms with van der Waals surface area (Å²) in [5.41, 5.74) is 2.19. The molecule has 2 N–H and O–H groups in total. The number of benzene rings is 1. The van der Waals surface area contributed by atoms with E-state index in [1.165, 1.54) is 38.4 Å². The summed E-state index contributed by atoms with van der Waals surface area (Å²) in [5, 5.41) is 7.84. The van der Waals surface area contributed by atoms with E-state index in [0.29, 0.717) is 41.5 Å². The van der Waals surface area contributed by atoms with Crippen molar-refractivity contribution in [3.8, 4) is 17.3 Å². The van der Waals surface area contributed by atoms with Gasteiger partial charge in [-0.1, -0.05) is 6.42 Å². The van der Waals surface area contributed by atoms with Gasteiger partial charge in [0.2, 0.25) is 0 Å². The first-order valence-corrected chi connectivity index (χ1v) is 15.5. The number of carbonyl (C=O) groups excluding carboxylic acids is 1. The van der Waals surface area contributed by atoms with E-state index < -0.39 is 5.82 Å². The van der Waals surface area contributed by atoms with Gasteiger partial charge in [0.25, 0.3) is 0 Å². The van der Waals surface area contributed by atoms with Gasteiger partial charge in [-0.2, -0.15) is 5.10 Å². The van der Waals surface area contributed by atoms with Gasteiger partial charge >= 0.3 is 6.03 Å². The van der Waals surface area contributed by atoms with Crippen molar-refractivity contribution in [3.05, 3.63) is 24.1 Å². The van der Waals surface area contributed by atoms with Crippen molar-refractivity contribution in [2.75, 3.05) is 51.3 Å². The first-order chi connectivity index (χ1) is 20.1. The van der Waals surface area contributed by atoms with Crippen LogP contribution in [0.2, 0.25) is 0 Å². The number of hydrogen-bond acceptors (Lipinski definition) is 6. The smallest absolute Gasteiger partial charge is 0.321 e. The highest BCUT2D eigenvalue weighted by molar-refractivity contribution is 5.93. The first kappa shape index (κ1) is 28.0. The summed E-state index contributed by atoms with van der Waals surface area (Å²) in [4.78, 5) is 25.4. The van der Waals surface area contributed by atoms with E-state index in [0.717, 1.165) is 71.0 Å². The average Bonchev–Trinajstić information content (AvgIpc) is 3.62. The number of nitrogens with zero attached hydrogens (tertiary/aromatic N) is 5. The minimum Gasteiger partial charge on any atom is -0.490 e. The molecule has 0 spiro atoms. The molecule has 0 aliphatic carbocycles. The fourth-order valence-electron chi connectivity index (χ4n) is 6.07. The highest BCUT2D eigenvalue weighted by Gasteiger charge is 2.25. The number of amides is 2. The average molecular weight is 568 g/mol. The van der Waals surface area contributed by atoms with E-state index in [2.05, 4.69) is 15.2 Å². The lowest BCUT2D eigenvalue weighted by atomic mass is 10.1. The number of piperidine rings is 2. The van der Waals surface area contributed by atoms with E-state index in [1.807, 2.05) is 11.1 Å². The van der Waals surface area contributed by atoms with Crippen LogP contribution in [0.25, 0.3) is 22.6 Å². The molecular formula is C30H42FN7O3. The van der Waals surface area contributed by atoms with Gasteiger partial charge < -0.3 is 29.6 Å². The van der Waals surface area contributed by atoms with Crippen LogP contribution in [0.15, 0.2) is 18.3 Å². The second kappa shape index (κ2) is 13.2. The number of imidazole rings is 1. The molecule has 5 heterocycles. The fraction of sp³-hybridized carbons (Fsp3) is 0.633. The number of aromatic nitrogens is 4. The zero-order valence-electron chi connectivity index (χ0n) is 23.9. The van der Waals surface area contributed by atoms with Crippen molar-refractivity contribution in [2.24, 2.45) is 0 Å². The van der Waals surface area contributed by atoms with Gasteiger partial charge in [0.1, 0.15) is 6.23 Å². The number of rotatable bonds is 9. The lowest BCUT2D eigenvalue weighted by Gasteiger charge is -2.26. The number of aromatic amines is 1. The number of unbranched alkanes of at least 4 members (excludes halogenated alkanes) is 1. The Balaban J connectivity index is 1.17. The van der Waals surface area contributed by atoms with Gasteiger partial charge in [0.15, 0.2) is 23.1 Å². The van der Waals surface area contributed by atoms with E-state index in [-0.39, 0.29) is 18.0 Å². The van der Waals surface area contributed by atoms with Gasteiger partial charge in [0, 0.05) is 31.8 Å². The van der Waals surface area contributed by atoms with Crippen LogP contribution in [0, 0.1) is 5.82 Å². The summed E-state index contributed by atoms with van der Waals surface area (Å²) >= 11 is 0. The molecule has 3 fully saturated rings. The molecule has 3 saturated heterocycles. The number of hydrogen-bond donors (Lipinski definition) is 2. The van der Waals surface area contributed by atoms with Gasteiger partial charge in [-0.15, -0.1) is 0 Å². The molecule has 0 saturated carbocycles. The Morgan fingerprint density at radius 2 is 1.85 bits per heavy atom. The summed E-state index contributed by atoms with van der Waals surface area (Å²) in [6.07, 6.45) is 13.5. The maximum atomic E-state index is 15.0. The summed E-state index contributed by atoms with van der Waals surface area (Å²) in [6.45, 7) is 6.07. The van der Waals surface area contributed by atoms with Gasteiger partial charge in [-0.25, -0.2) is 18.9 Å². The Kier molecular flexibility index (Phi) is 9.00. The summed E-state index contributed by atoms with van der Waals surface area (Å²) in [7, 11) is 0. The molecular weight excluding hydrogens is 525 g/mol. The van der Waals surface area contributed by atoms with Crippen molar-refractivity contribution < 1.29 is 18.7 Å². The number of ether oxygens (including phenoxy) is 2. The molecule has 0 radical (unpaired) electrons. The van der Waals surface area contributed by atoms with Crippen LogP contribution < -0.4 is 10.1 Å². The molecule has 0 bridgehead atoms. The normalized spacial score (nSPS) is 20.4. The van der Waals surface area contributed by atoms with Crippen LogP contribution in [0.3, 0.4) is 0 Å². The molecule has 3 aliphatic heterocycles.